The van der Waals surface area contributed by atoms with Crippen molar-refractivity contribution in [1.29, 1.82) is 0 Å². The number of methoxy groups -OCH3 is 1. The van der Waals surface area contributed by atoms with E-state index in [0.29, 0.717) is 0 Å². The molecule has 0 unspecified atom stereocenters. The molecule has 52 valence electrons. The molecule has 0 saturated carbocycles. The predicted octanol–water partition coefficient (Wildman–Crippen LogP) is -0.225. The van der Waals surface area contributed by atoms with Crippen LogP contribution in [-0.4, -0.2) is 18.2 Å². The Hall–Kier alpha value is -0.840. The molecule has 0 aromatic rings. The summed E-state index contributed by atoms with van der Waals surface area (Å²) in [6.07, 6.45) is 0. The Morgan fingerprint density at radius 2 is 2.22 bits per heavy atom. The molecule has 0 bridgehead atoms. The minimum Gasteiger partial charge on any atom is -0.482 e. The molecular formula is C4H7NO3S. The minimum atomic E-state index is -1.20. The first-order valence-electron chi connectivity index (χ1n) is 2.05. The van der Waals surface area contributed by atoms with Crippen molar-refractivity contribution in [1.82, 2.24) is 0 Å². The zero-order chi connectivity index (χ0) is 7.44. The van der Waals surface area contributed by atoms with Gasteiger partial charge in [-0.15, -0.1) is 12.6 Å². The molecule has 0 amide bonds. The van der Waals surface area contributed by atoms with Gasteiger partial charge in [-0.2, -0.15) is 0 Å². The molecule has 9 heavy (non-hydrogen) atoms. The number of carboxylic acids is 1. The second-order valence-corrected chi connectivity index (χ2v) is 1.67. The van der Waals surface area contributed by atoms with E-state index in [1.165, 1.54) is 7.11 Å². The van der Waals surface area contributed by atoms with Gasteiger partial charge < -0.3 is 15.6 Å². The second-order valence-electron chi connectivity index (χ2n) is 1.22. The highest BCUT2D eigenvalue weighted by Crippen LogP contribution is 2.03. The molecule has 0 spiro atoms. The summed E-state index contributed by atoms with van der Waals surface area (Å²) in [4.78, 5) is 9.73. The SMILES string of the molecule is CO/C(N)=C(/S)C(=O)O. The molecule has 0 rings (SSSR count). The van der Waals surface area contributed by atoms with E-state index in [1.807, 2.05) is 0 Å². The van der Waals surface area contributed by atoms with Crippen LogP contribution < -0.4 is 5.73 Å². The molecule has 0 atom stereocenters. The lowest BCUT2D eigenvalue weighted by Crippen LogP contribution is -2.07. The van der Waals surface area contributed by atoms with E-state index >= 15 is 0 Å². The quantitative estimate of drug-likeness (QED) is 0.288. The van der Waals surface area contributed by atoms with E-state index in [-0.39, 0.29) is 10.8 Å². The van der Waals surface area contributed by atoms with E-state index in [4.69, 9.17) is 10.8 Å². The topological polar surface area (TPSA) is 72.5 Å². The number of carbonyl (C=O) groups is 1. The lowest BCUT2D eigenvalue weighted by molar-refractivity contribution is -0.132. The molecule has 0 fully saturated rings. The molecule has 5 heteroatoms. The zero-order valence-corrected chi connectivity index (χ0v) is 5.68. The fraction of sp³-hybridized carbons (Fsp3) is 0.250. The number of hydrogen-bond acceptors (Lipinski definition) is 4. The molecule has 0 aromatic heterocycles. The van der Waals surface area contributed by atoms with E-state index in [9.17, 15) is 4.79 Å². The van der Waals surface area contributed by atoms with Gasteiger partial charge in [-0.25, -0.2) is 4.79 Å². The lowest BCUT2D eigenvalue weighted by Gasteiger charge is -1.98. The zero-order valence-electron chi connectivity index (χ0n) is 4.79. The number of aliphatic carboxylic acids is 1. The van der Waals surface area contributed by atoms with Crippen LogP contribution in [0.1, 0.15) is 0 Å². The third-order valence-corrected chi connectivity index (χ3v) is 1.07. The van der Waals surface area contributed by atoms with Crippen molar-refractivity contribution in [2.24, 2.45) is 5.73 Å². The summed E-state index contributed by atoms with van der Waals surface area (Å²) in [6.45, 7) is 0. The summed E-state index contributed by atoms with van der Waals surface area (Å²) in [5, 5.41) is 8.19. The summed E-state index contributed by atoms with van der Waals surface area (Å²) in [5.74, 6) is -1.39. The molecule has 0 aliphatic heterocycles. The molecule has 0 aromatic carbocycles. The molecule has 0 heterocycles. The van der Waals surface area contributed by atoms with E-state index in [2.05, 4.69) is 17.4 Å². The Labute approximate surface area is 57.7 Å². The highest BCUT2D eigenvalue weighted by Gasteiger charge is 2.06. The van der Waals surface area contributed by atoms with Gasteiger partial charge in [0, 0.05) is 0 Å². The van der Waals surface area contributed by atoms with Gasteiger partial charge in [0.25, 0.3) is 0 Å². The van der Waals surface area contributed by atoms with Gasteiger partial charge in [-0.3, -0.25) is 0 Å². The first kappa shape index (κ1) is 8.16. The normalized spacial score (nSPS) is 12.2. The van der Waals surface area contributed by atoms with E-state index in [1.54, 1.807) is 0 Å². The van der Waals surface area contributed by atoms with Crippen LogP contribution in [0.5, 0.6) is 0 Å². The largest absolute Gasteiger partial charge is 0.482 e. The Balaban J connectivity index is 4.28. The average molecular weight is 149 g/mol. The second kappa shape index (κ2) is 3.24. The molecule has 3 N–H and O–H groups in total. The Kier molecular flexibility index (Phi) is 2.94. The highest BCUT2D eigenvalue weighted by atomic mass is 32.1. The summed E-state index contributed by atoms with van der Waals surface area (Å²) < 4.78 is 4.37. The number of carboxylic acid groups (broad SMARTS) is 1. The fourth-order valence-corrected chi connectivity index (χ4v) is 0.293. The number of nitrogens with two attached hydrogens (primary N) is 1. The smallest absolute Gasteiger partial charge is 0.347 e. The Morgan fingerprint density at radius 3 is 2.33 bits per heavy atom. The monoisotopic (exact) mass is 149 g/mol. The van der Waals surface area contributed by atoms with Crippen LogP contribution >= 0.6 is 12.6 Å². The van der Waals surface area contributed by atoms with Crippen LogP contribution in [0.25, 0.3) is 0 Å². The van der Waals surface area contributed by atoms with Gasteiger partial charge in [0.2, 0.25) is 5.88 Å². The van der Waals surface area contributed by atoms with Crippen LogP contribution in [-0.2, 0) is 9.53 Å². The van der Waals surface area contributed by atoms with Crippen molar-refractivity contribution in [3.05, 3.63) is 10.8 Å². The van der Waals surface area contributed by atoms with Gasteiger partial charge in [0.15, 0.2) is 0 Å². The first-order valence-corrected chi connectivity index (χ1v) is 2.50. The standard InChI is InChI=1S/C4H7NO3S/c1-8-3(5)2(9)4(6)7/h9H,5H2,1H3,(H,6,7)/b3-2+. The minimum absolute atomic E-state index is 0.189. The Bertz CT molecular complexity index is 154. The van der Waals surface area contributed by atoms with Gasteiger partial charge in [0.05, 0.1) is 7.11 Å². The highest BCUT2D eigenvalue weighted by molar-refractivity contribution is 7.85. The summed E-state index contributed by atoms with van der Waals surface area (Å²) in [5.41, 5.74) is 5.02. The maximum atomic E-state index is 10.0. The van der Waals surface area contributed by atoms with Gasteiger partial charge >= 0.3 is 5.97 Å². The molecule has 0 saturated heterocycles. The van der Waals surface area contributed by atoms with Crippen molar-refractivity contribution in [3.63, 3.8) is 0 Å². The molecular weight excluding hydrogens is 142 g/mol. The third kappa shape index (κ3) is 2.27. The predicted molar refractivity (Wildman–Crippen MR) is 34.8 cm³/mol. The van der Waals surface area contributed by atoms with Crippen molar-refractivity contribution in [2.75, 3.05) is 7.11 Å². The van der Waals surface area contributed by atoms with Crippen molar-refractivity contribution in [3.8, 4) is 0 Å². The van der Waals surface area contributed by atoms with Gasteiger partial charge in [-0.1, -0.05) is 0 Å². The molecule has 0 aliphatic carbocycles. The maximum Gasteiger partial charge on any atom is 0.347 e. The number of rotatable bonds is 2. The van der Waals surface area contributed by atoms with Crippen LogP contribution in [0, 0.1) is 0 Å². The molecule has 4 nitrogen and oxygen atoms in total. The van der Waals surface area contributed by atoms with Crippen molar-refractivity contribution in [2.45, 2.75) is 0 Å². The van der Waals surface area contributed by atoms with E-state index in [0.717, 1.165) is 0 Å². The van der Waals surface area contributed by atoms with Crippen LogP contribution in [0.4, 0.5) is 0 Å². The van der Waals surface area contributed by atoms with Crippen LogP contribution in [0.15, 0.2) is 10.8 Å². The summed E-state index contributed by atoms with van der Waals surface area (Å²) in [7, 11) is 1.27. The summed E-state index contributed by atoms with van der Waals surface area (Å²) in [6, 6.07) is 0. The van der Waals surface area contributed by atoms with Crippen LogP contribution in [0.3, 0.4) is 0 Å². The van der Waals surface area contributed by atoms with Crippen LogP contribution in [0.2, 0.25) is 0 Å². The van der Waals surface area contributed by atoms with Gasteiger partial charge in [0.1, 0.15) is 4.91 Å². The number of ether oxygens (including phenoxy) is 1. The maximum absolute atomic E-state index is 10.0. The fourth-order valence-electron chi connectivity index (χ4n) is 0.202. The average Bonchev–Trinajstić information content (AvgIpc) is 1.84. The molecule has 0 aliphatic rings. The summed E-state index contributed by atoms with van der Waals surface area (Å²) >= 11 is 3.53. The first-order chi connectivity index (χ1) is 4.09. The third-order valence-electron chi connectivity index (χ3n) is 0.656. The molecule has 0 radical (unpaired) electrons. The Morgan fingerprint density at radius 1 is 1.78 bits per heavy atom. The van der Waals surface area contributed by atoms with Gasteiger partial charge in [-0.05, 0) is 0 Å². The van der Waals surface area contributed by atoms with Crippen molar-refractivity contribution >= 4 is 18.6 Å². The van der Waals surface area contributed by atoms with E-state index < -0.39 is 5.97 Å². The number of hydrogen-bond donors (Lipinski definition) is 3. The lowest BCUT2D eigenvalue weighted by atomic mass is 10.6. The van der Waals surface area contributed by atoms with Crippen molar-refractivity contribution < 1.29 is 14.6 Å². The number of thiol groups is 1.